The molecule has 0 bridgehead atoms. The first-order valence-electron chi connectivity index (χ1n) is 6.21. The second kappa shape index (κ2) is 7.24. The zero-order chi connectivity index (χ0) is 15.2. The van der Waals surface area contributed by atoms with Gasteiger partial charge in [0.25, 0.3) is 0 Å². The van der Waals surface area contributed by atoms with E-state index in [-0.39, 0.29) is 11.7 Å². The Bertz CT molecular complexity index is 629. The van der Waals surface area contributed by atoms with Crippen LogP contribution < -0.4 is 15.8 Å². The number of carbonyl (C=O) groups is 1. The lowest BCUT2D eigenvalue weighted by Gasteiger charge is -2.10. The number of hydrogen-bond donors (Lipinski definition) is 2. The van der Waals surface area contributed by atoms with Crippen LogP contribution in [-0.2, 0) is 4.79 Å². The fourth-order valence-electron chi connectivity index (χ4n) is 1.75. The number of thioether (sulfide) groups is 1. The molecule has 3 N–H and O–H groups in total. The number of carbonyl (C=O) groups excluding carboxylic acids is 1. The minimum absolute atomic E-state index is 0.149. The molecule has 0 unspecified atom stereocenters. The van der Waals surface area contributed by atoms with Crippen molar-refractivity contribution in [3.05, 3.63) is 47.5 Å². The fourth-order valence-corrected chi connectivity index (χ4v) is 2.88. The molecule has 0 atom stereocenters. The molecule has 0 aliphatic rings. The molecule has 1 amide bonds. The number of para-hydroxylation sites is 2. The SMILES string of the molecule is COc1ccccc1NC(=O)CSc1c(N)cccc1Cl. The van der Waals surface area contributed by atoms with E-state index in [9.17, 15) is 4.79 Å². The van der Waals surface area contributed by atoms with Gasteiger partial charge in [0.1, 0.15) is 5.75 Å². The van der Waals surface area contributed by atoms with E-state index in [4.69, 9.17) is 22.1 Å². The molecule has 0 heterocycles. The van der Waals surface area contributed by atoms with E-state index in [1.807, 2.05) is 12.1 Å². The van der Waals surface area contributed by atoms with Gasteiger partial charge in [-0.1, -0.05) is 29.8 Å². The van der Waals surface area contributed by atoms with Crippen molar-refractivity contribution in [1.82, 2.24) is 0 Å². The van der Waals surface area contributed by atoms with E-state index in [2.05, 4.69) is 5.32 Å². The van der Waals surface area contributed by atoms with Crippen molar-refractivity contribution in [2.24, 2.45) is 0 Å². The lowest BCUT2D eigenvalue weighted by molar-refractivity contribution is -0.113. The van der Waals surface area contributed by atoms with Gasteiger partial charge in [-0.25, -0.2) is 0 Å². The third-order valence-electron chi connectivity index (χ3n) is 2.73. The van der Waals surface area contributed by atoms with Gasteiger partial charge in [-0.05, 0) is 24.3 Å². The summed E-state index contributed by atoms with van der Waals surface area (Å²) in [7, 11) is 1.56. The van der Waals surface area contributed by atoms with Crippen LogP contribution >= 0.6 is 23.4 Å². The first kappa shape index (κ1) is 15.5. The monoisotopic (exact) mass is 322 g/mol. The summed E-state index contributed by atoms with van der Waals surface area (Å²) in [6, 6.07) is 12.5. The Kier molecular flexibility index (Phi) is 5.36. The third-order valence-corrected chi connectivity index (χ3v) is 4.30. The van der Waals surface area contributed by atoms with E-state index < -0.39 is 0 Å². The van der Waals surface area contributed by atoms with Crippen LogP contribution in [0.2, 0.25) is 5.02 Å². The van der Waals surface area contributed by atoms with Gasteiger partial charge < -0.3 is 15.8 Å². The summed E-state index contributed by atoms with van der Waals surface area (Å²) in [5.41, 5.74) is 7.05. The lowest BCUT2D eigenvalue weighted by Crippen LogP contribution is -2.14. The molecule has 0 spiro atoms. The van der Waals surface area contributed by atoms with Crippen LogP contribution in [0.5, 0.6) is 5.75 Å². The van der Waals surface area contributed by atoms with E-state index in [1.54, 1.807) is 37.4 Å². The highest BCUT2D eigenvalue weighted by Gasteiger charge is 2.10. The number of benzene rings is 2. The van der Waals surface area contributed by atoms with Crippen molar-refractivity contribution < 1.29 is 9.53 Å². The van der Waals surface area contributed by atoms with Crippen molar-refractivity contribution in [2.45, 2.75) is 4.90 Å². The van der Waals surface area contributed by atoms with Crippen LogP contribution in [-0.4, -0.2) is 18.8 Å². The average Bonchev–Trinajstić information content (AvgIpc) is 2.47. The first-order valence-corrected chi connectivity index (χ1v) is 7.58. The van der Waals surface area contributed by atoms with Gasteiger partial charge in [0.05, 0.1) is 23.6 Å². The number of anilines is 2. The Hall–Kier alpha value is -1.85. The highest BCUT2D eigenvalue weighted by Crippen LogP contribution is 2.32. The Balaban J connectivity index is 1.99. The maximum Gasteiger partial charge on any atom is 0.234 e. The quantitative estimate of drug-likeness (QED) is 0.651. The molecular formula is C15H15ClN2O2S. The molecule has 0 aliphatic heterocycles. The molecule has 2 aromatic carbocycles. The van der Waals surface area contributed by atoms with Crippen LogP contribution in [0.1, 0.15) is 0 Å². The molecule has 0 aromatic heterocycles. The number of halogens is 1. The minimum atomic E-state index is -0.149. The molecule has 4 nitrogen and oxygen atoms in total. The van der Waals surface area contributed by atoms with Crippen molar-refractivity contribution in [3.8, 4) is 5.75 Å². The molecule has 0 radical (unpaired) electrons. The topological polar surface area (TPSA) is 64.3 Å². The van der Waals surface area contributed by atoms with Gasteiger partial charge in [0.2, 0.25) is 5.91 Å². The molecule has 2 aromatic rings. The van der Waals surface area contributed by atoms with Crippen molar-refractivity contribution in [1.29, 1.82) is 0 Å². The Morgan fingerprint density at radius 1 is 1.29 bits per heavy atom. The Labute approximate surface area is 132 Å². The summed E-state index contributed by atoms with van der Waals surface area (Å²) in [4.78, 5) is 12.7. The third kappa shape index (κ3) is 4.06. The van der Waals surface area contributed by atoms with Gasteiger partial charge in [0, 0.05) is 10.6 Å². The largest absolute Gasteiger partial charge is 0.495 e. The van der Waals surface area contributed by atoms with Crippen LogP contribution in [0.25, 0.3) is 0 Å². The number of rotatable bonds is 5. The molecule has 21 heavy (non-hydrogen) atoms. The number of nitrogens with one attached hydrogen (secondary N) is 1. The van der Waals surface area contributed by atoms with E-state index >= 15 is 0 Å². The van der Waals surface area contributed by atoms with Gasteiger partial charge in [0.15, 0.2) is 0 Å². The summed E-state index contributed by atoms with van der Waals surface area (Å²) in [6.07, 6.45) is 0. The average molecular weight is 323 g/mol. The second-order valence-electron chi connectivity index (χ2n) is 4.20. The predicted octanol–water partition coefficient (Wildman–Crippen LogP) is 3.66. The van der Waals surface area contributed by atoms with Gasteiger partial charge in [-0.15, -0.1) is 11.8 Å². The van der Waals surface area contributed by atoms with Crippen molar-refractivity contribution >= 4 is 40.6 Å². The standard InChI is InChI=1S/C15H15ClN2O2S/c1-20-13-8-3-2-7-12(13)18-14(19)9-21-15-10(16)5-4-6-11(15)17/h2-8H,9,17H2,1H3,(H,18,19). The first-order chi connectivity index (χ1) is 10.1. The van der Waals surface area contributed by atoms with Gasteiger partial charge in [-0.3, -0.25) is 4.79 Å². The van der Waals surface area contributed by atoms with E-state index in [1.165, 1.54) is 11.8 Å². The molecule has 0 saturated heterocycles. The summed E-state index contributed by atoms with van der Waals surface area (Å²) in [5.74, 6) is 0.684. The minimum Gasteiger partial charge on any atom is -0.495 e. The number of amides is 1. The predicted molar refractivity (Wildman–Crippen MR) is 88.2 cm³/mol. The molecule has 0 aliphatic carbocycles. The van der Waals surface area contributed by atoms with Gasteiger partial charge >= 0.3 is 0 Å². The molecule has 110 valence electrons. The summed E-state index contributed by atoms with van der Waals surface area (Å²) < 4.78 is 5.18. The molecule has 2 rings (SSSR count). The normalized spacial score (nSPS) is 10.2. The highest BCUT2D eigenvalue weighted by atomic mass is 35.5. The summed E-state index contributed by atoms with van der Waals surface area (Å²) in [5, 5.41) is 3.35. The molecule has 0 fully saturated rings. The second-order valence-corrected chi connectivity index (χ2v) is 5.59. The van der Waals surface area contributed by atoms with Crippen molar-refractivity contribution in [3.63, 3.8) is 0 Å². The number of ether oxygens (including phenoxy) is 1. The zero-order valence-electron chi connectivity index (χ0n) is 11.4. The van der Waals surface area contributed by atoms with Crippen LogP contribution in [0.4, 0.5) is 11.4 Å². The number of methoxy groups -OCH3 is 1. The molecular weight excluding hydrogens is 308 g/mol. The van der Waals surface area contributed by atoms with Gasteiger partial charge in [-0.2, -0.15) is 0 Å². The Morgan fingerprint density at radius 2 is 2.05 bits per heavy atom. The highest BCUT2D eigenvalue weighted by molar-refractivity contribution is 8.00. The zero-order valence-corrected chi connectivity index (χ0v) is 13.0. The lowest BCUT2D eigenvalue weighted by atomic mass is 10.3. The van der Waals surface area contributed by atoms with E-state index in [0.29, 0.717) is 27.0 Å². The Morgan fingerprint density at radius 3 is 2.76 bits per heavy atom. The maximum absolute atomic E-state index is 12.0. The summed E-state index contributed by atoms with van der Waals surface area (Å²) >= 11 is 7.37. The molecule has 0 saturated carbocycles. The smallest absolute Gasteiger partial charge is 0.234 e. The molecule has 6 heteroatoms. The number of nitrogens with two attached hydrogens (primary N) is 1. The number of nitrogen functional groups attached to an aromatic ring is 1. The van der Waals surface area contributed by atoms with Crippen LogP contribution in [0.3, 0.4) is 0 Å². The van der Waals surface area contributed by atoms with Crippen molar-refractivity contribution in [2.75, 3.05) is 23.9 Å². The van der Waals surface area contributed by atoms with Crippen LogP contribution in [0.15, 0.2) is 47.4 Å². The maximum atomic E-state index is 12.0. The van der Waals surface area contributed by atoms with Crippen LogP contribution in [0, 0.1) is 0 Å². The number of hydrogen-bond acceptors (Lipinski definition) is 4. The summed E-state index contributed by atoms with van der Waals surface area (Å²) in [6.45, 7) is 0. The fraction of sp³-hybridized carbons (Fsp3) is 0.133. The van der Waals surface area contributed by atoms with E-state index in [0.717, 1.165) is 0 Å².